The minimum Gasteiger partial charge on any atom is -0.493 e. The molecule has 5 nitrogen and oxygen atoms in total. The maximum atomic E-state index is 13.0. The van der Waals surface area contributed by atoms with Crippen LogP contribution in [-0.2, 0) is 16.0 Å². The van der Waals surface area contributed by atoms with E-state index in [0.717, 1.165) is 50.3 Å². The number of allylic oxidation sites excluding steroid dienone is 1. The van der Waals surface area contributed by atoms with Crippen molar-refractivity contribution < 1.29 is 19.0 Å². The molecule has 1 aromatic carbocycles. The monoisotopic (exact) mass is 439 g/mol. The molecule has 5 rings (SSSR count). The lowest BCUT2D eigenvalue weighted by Gasteiger charge is -2.50. The summed E-state index contributed by atoms with van der Waals surface area (Å²) in [4.78, 5) is 15.5. The molecule has 0 bridgehead atoms. The number of methoxy groups -OCH3 is 2. The van der Waals surface area contributed by atoms with E-state index in [0.29, 0.717) is 11.8 Å². The Labute approximate surface area is 192 Å². The Kier molecular flexibility index (Phi) is 5.51. The fourth-order valence-corrected chi connectivity index (χ4v) is 7.16. The van der Waals surface area contributed by atoms with E-state index in [4.69, 9.17) is 14.2 Å². The van der Waals surface area contributed by atoms with Crippen LogP contribution in [0.3, 0.4) is 0 Å². The van der Waals surface area contributed by atoms with Crippen molar-refractivity contribution in [3.8, 4) is 11.5 Å². The predicted molar refractivity (Wildman–Crippen MR) is 124 cm³/mol. The molecule has 0 spiro atoms. The average molecular weight is 440 g/mol. The molecule has 174 valence electrons. The summed E-state index contributed by atoms with van der Waals surface area (Å²) in [5, 5.41) is 0. The lowest BCUT2D eigenvalue weighted by molar-refractivity contribution is -0.146. The summed E-state index contributed by atoms with van der Waals surface area (Å²) in [6, 6.07) is 4.45. The second-order valence-electron chi connectivity index (χ2n) is 10.7. The SMILES string of the molecule is C=C1CCC[C@]2(C)C[C@H]3OC(=O)[C@H](CN4CCc5cc(OC)c(OC)cc5[C@@H]4C)[C@@H]3C[C@H]12. The molecule has 1 saturated heterocycles. The number of benzene rings is 1. The van der Waals surface area contributed by atoms with Crippen LogP contribution in [0.1, 0.15) is 63.1 Å². The molecule has 0 aromatic heterocycles. The zero-order valence-corrected chi connectivity index (χ0v) is 20.0. The number of carbonyl (C=O) groups excluding carboxylic acids is 1. The highest BCUT2D eigenvalue weighted by Crippen LogP contribution is 2.57. The van der Waals surface area contributed by atoms with Crippen LogP contribution in [0, 0.1) is 23.2 Å². The van der Waals surface area contributed by atoms with Gasteiger partial charge in [0.05, 0.1) is 20.1 Å². The highest BCUT2D eigenvalue weighted by Gasteiger charge is 2.55. The number of hydrogen-bond donors (Lipinski definition) is 0. The lowest BCUT2D eigenvalue weighted by Crippen LogP contribution is -2.46. The summed E-state index contributed by atoms with van der Waals surface area (Å²) >= 11 is 0. The number of ether oxygens (including phenoxy) is 3. The molecule has 32 heavy (non-hydrogen) atoms. The predicted octanol–water partition coefficient (Wildman–Crippen LogP) is 4.94. The Morgan fingerprint density at radius 1 is 1.22 bits per heavy atom. The van der Waals surface area contributed by atoms with Gasteiger partial charge in [-0.15, -0.1) is 0 Å². The number of nitrogens with zero attached hydrogens (tertiary/aromatic N) is 1. The molecule has 0 amide bonds. The van der Waals surface area contributed by atoms with Gasteiger partial charge in [-0.1, -0.05) is 19.1 Å². The standard InChI is InChI=1S/C27H37NO4/c1-16-7-6-9-27(3)14-25-20(12-22(16)27)21(26(29)32-25)15-28-10-8-18-11-23(30-4)24(31-5)13-19(18)17(28)2/h11,13,17,20-22,25H,1,6-10,12,14-15H2,2-5H3/t17-,20-,21+,22+,25+,27+/m0/s1. The molecule has 2 aliphatic heterocycles. The van der Waals surface area contributed by atoms with Crippen molar-refractivity contribution in [3.05, 3.63) is 35.4 Å². The smallest absolute Gasteiger partial charge is 0.310 e. The maximum absolute atomic E-state index is 13.0. The van der Waals surface area contributed by atoms with E-state index in [1.54, 1.807) is 14.2 Å². The van der Waals surface area contributed by atoms with Gasteiger partial charge in [-0.05, 0) is 80.0 Å². The van der Waals surface area contributed by atoms with Crippen LogP contribution in [0.15, 0.2) is 24.3 Å². The summed E-state index contributed by atoms with van der Waals surface area (Å²) in [7, 11) is 3.36. The van der Waals surface area contributed by atoms with Crippen molar-refractivity contribution in [1.82, 2.24) is 4.90 Å². The zero-order chi connectivity index (χ0) is 22.6. The third kappa shape index (κ3) is 3.44. The Morgan fingerprint density at radius 2 is 1.97 bits per heavy atom. The van der Waals surface area contributed by atoms with Crippen LogP contribution in [0.25, 0.3) is 0 Å². The number of esters is 1. The quantitative estimate of drug-likeness (QED) is 0.491. The van der Waals surface area contributed by atoms with Crippen LogP contribution in [0.2, 0.25) is 0 Å². The van der Waals surface area contributed by atoms with E-state index >= 15 is 0 Å². The van der Waals surface area contributed by atoms with Crippen molar-refractivity contribution in [2.24, 2.45) is 23.2 Å². The number of hydrogen-bond acceptors (Lipinski definition) is 5. The molecule has 2 aliphatic carbocycles. The van der Waals surface area contributed by atoms with E-state index in [1.165, 1.54) is 29.5 Å². The van der Waals surface area contributed by atoms with Crippen molar-refractivity contribution in [3.63, 3.8) is 0 Å². The Balaban J connectivity index is 1.35. The van der Waals surface area contributed by atoms with Gasteiger partial charge in [0, 0.05) is 25.0 Å². The van der Waals surface area contributed by atoms with Gasteiger partial charge in [-0.2, -0.15) is 0 Å². The first-order valence-electron chi connectivity index (χ1n) is 12.2. The molecule has 4 aliphatic rings. The lowest BCUT2D eigenvalue weighted by atomic mass is 9.55. The zero-order valence-electron chi connectivity index (χ0n) is 20.0. The normalized spacial score (nSPS) is 36.7. The first kappa shape index (κ1) is 21.8. The highest BCUT2D eigenvalue weighted by molar-refractivity contribution is 5.75. The van der Waals surface area contributed by atoms with Gasteiger partial charge >= 0.3 is 5.97 Å². The van der Waals surface area contributed by atoms with Gasteiger partial charge < -0.3 is 14.2 Å². The minimum atomic E-state index is -0.0385. The molecule has 5 heteroatoms. The maximum Gasteiger partial charge on any atom is 0.310 e. The first-order chi connectivity index (χ1) is 15.3. The van der Waals surface area contributed by atoms with E-state index < -0.39 is 0 Å². The molecular weight excluding hydrogens is 402 g/mol. The third-order valence-corrected chi connectivity index (χ3v) is 9.06. The number of fused-ring (bicyclic) bond motifs is 3. The Bertz CT molecular complexity index is 926. The molecule has 1 aromatic rings. The molecule has 6 atom stereocenters. The summed E-state index contributed by atoms with van der Waals surface area (Å²) in [5.74, 6) is 2.37. The van der Waals surface area contributed by atoms with Gasteiger partial charge in [-0.3, -0.25) is 9.69 Å². The molecule has 3 fully saturated rings. The largest absolute Gasteiger partial charge is 0.493 e. The van der Waals surface area contributed by atoms with Gasteiger partial charge in [0.25, 0.3) is 0 Å². The minimum absolute atomic E-state index is 0.0122. The van der Waals surface area contributed by atoms with Crippen LogP contribution in [0.5, 0.6) is 11.5 Å². The van der Waals surface area contributed by atoms with Crippen LogP contribution >= 0.6 is 0 Å². The molecule has 2 heterocycles. The molecule has 2 saturated carbocycles. The third-order valence-electron chi connectivity index (χ3n) is 9.06. The van der Waals surface area contributed by atoms with Crippen molar-refractivity contribution in [2.45, 2.75) is 64.5 Å². The molecule has 0 unspecified atom stereocenters. The van der Waals surface area contributed by atoms with E-state index in [2.05, 4.69) is 37.5 Å². The number of carbonyl (C=O) groups is 1. The van der Waals surface area contributed by atoms with E-state index in [9.17, 15) is 4.79 Å². The summed E-state index contributed by atoms with van der Waals surface area (Å²) in [5.41, 5.74) is 4.23. The van der Waals surface area contributed by atoms with Gasteiger partial charge in [0.15, 0.2) is 11.5 Å². The van der Waals surface area contributed by atoms with Crippen LogP contribution < -0.4 is 9.47 Å². The van der Waals surface area contributed by atoms with Gasteiger partial charge in [0.2, 0.25) is 0 Å². The van der Waals surface area contributed by atoms with Crippen molar-refractivity contribution in [1.29, 1.82) is 0 Å². The fraction of sp³-hybridized carbons (Fsp3) is 0.667. The van der Waals surface area contributed by atoms with Crippen molar-refractivity contribution in [2.75, 3.05) is 27.3 Å². The highest BCUT2D eigenvalue weighted by atomic mass is 16.6. The van der Waals surface area contributed by atoms with Crippen LogP contribution in [-0.4, -0.2) is 44.3 Å². The summed E-state index contributed by atoms with van der Waals surface area (Å²) in [6.07, 6.45) is 6.68. The van der Waals surface area contributed by atoms with Gasteiger partial charge in [0.1, 0.15) is 6.10 Å². The van der Waals surface area contributed by atoms with E-state index in [1.807, 2.05) is 0 Å². The topological polar surface area (TPSA) is 48.0 Å². The fourth-order valence-electron chi connectivity index (χ4n) is 7.16. The number of rotatable bonds is 4. The Hall–Kier alpha value is -2.01. The first-order valence-corrected chi connectivity index (χ1v) is 12.2. The second kappa shape index (κ2) is 8.09. The average Bonchev–Trinajstić information content (AvgIpc) is 3.06. The summed E-state index contributed by atoms with van der Waals surface area (Å²) in [6.45, 7) is 10.8. The molecular formula is C27H37NO4. The molecule has 0 radical (unpaired) electrons. The second-order valence-corrected chi connectivity index (χ2v) is 10.7. The van der Waals surface area contributed by atoms with E-state index in [-0.39, 0.29) is 29.4 Å². The van der Waals surface area contributed by atoms with Crippen LogP contribution in [0.4, 0.5) is 0 Å². The van der Waals surface area contributed by atoms with Gasteiger partial charge in [-0.25, -0.2) is 0 Å². The summed E-state index contributed by atoms with van der Waals surface area (Å²) < 4.78 is 17.1. The Morgan fingerprint density at radius 3 is 2.72 bits per heavy atom. The molecule has 0 N–H and O–H groups in total. The van der Waals surface area contributed by atoms with Crippen molar-refractivity contribution >= 4 is 5.97 Å².